The lowest BCUT2D eigenvalue weighted by atomic mass is 9.92. The number of hydrogen-bond donors (Lipinski definition) is 1. The zero-order chi connectivity index (χ0) is 20.9. The SMILES string of the molecule is C[C@H]1C[C@H](C)CN(CCCNC(=O)c2ccc(CS(=O)(=O)N3CCCC3)cc2)C1. The van der Waals surface area contributed by atoms with Crippen LogP contribution in [-0.4, -0.2) is 62.8 Å². The summed E-state index contributed by atoms with van der Waals surface area (Å²) in [7, 11) is -3.25. The molecule has 2 aliphatic rings. The van der Waals surface area contributed by atoms with E-state index in [2.05, 4.69) is 24.1 Å². The quantitative estimate of drug-likeness (QED) is 0.655. The van der Waals surface area contributed by atoms with Gasteiger partial charge >= 0.3 is 0 Å². The molecule has 7 heteroatoms. The minimum absolute atomic E-state index is 0.00157. The number of hydrogen-bond acceptors (Lipinski definition) is 4. The number of carbonyl (C=O) groups is 1. The molecule has 2 aliphatic heterocycles. The van der Waals surface area contributed by atoms with E-state index in [1.54, 1.807) is 28.6 Å². The second kappa shape index (κ2) is 10.0. The number of benzene rings is 1. The van der Waals surface area contributed by atoms with Crippen LogP contribution in [0.15, 0.2) is 24.3 Å². The van der Waals surface area contributed by atoms with Gasteiger partial charge in [-0.15, -0.1) is 0 Å². The van der Waals surface area contributed by atoms with Gasteiger partial charge in [-0.3, -0.25) is 4.79 Å². The van der Waals surface area contributed by atoms with Crippen molar-refractivity contribution in [3.8, 4) is 0 Å². The molecule has 2 saturated heterocycles. The van der Waals surface area contributed by atoms with Crippen molar-refractivity contribution < 1.29 is 13.2 Å². The third-order valence-electron chi connectivity index (χ3n) is 5.90. The van der Waals surface area contributed by atoms with Gasteiger partial charge in [0.05, 0.1) is 5.75 Å². The number of sulfonamides is 1. The number of carbonyl (C=O) groups excluding carboxylic acids is 1. The average Bonchev–Trinajstić information content (AvgIpc) is 3.20. The van der Waals surface area contributed by atoms with Crippen molar-refractivity contribution in [2.24, 2.45) is 11.8 Å². The maximum Gasteiger partial charge on any atom is 0.251 e. The van der Waals surface area contributed by atoms with Gasteiger partial charge in [-0.2, -0.15) is 0 Å². The van der Waals surface area contributed by atoms with Crippen molar-refractivity contribution in [3.63, 3.8) is 0 Å². The second-order valence-electron chi connectivity index (χ2n) is 8.87. The van der Waals surface area contributed by atoms with Crippen LogP contribution in [0.25, 0.3) is 0 Å². The van der Waals surface area contributed by atoms with E-state index in [4.69, 9.17) is 0 Å². The number of rotatable bonds is 8. The summed E-state index contributed by atoms with van der Waals surface area (Å²) in [5, 5.41) is 2.98. The molecule has 0 spiro atoms. The molecular weight excluding hydrogens is 386 g/mol. The molecular formula is C22H35N3O3S. The van der Waals surface area contributed by atoms with Gasteiger partial charge in [0.25, 0.3) is 5.91 Å². The first-order valence-corrected chi connectivity index (χ1v) is 12.5. The normalized spacial score (nSPS) is 23.9. The third-order valence-corrected chi connectivity index (χ3v) is 7.75. The Morgan fingerprint density at radius 1 is 1.07 bits per heavy atom. The Bertz CT molecular complexity index is 763. The molecule has 162 valence electrons. The predicted octanol–water partition coefficient (Wildman–Crippen LogP) is 2.71. The Hall–Kier alpha value is -1.44. The van der Waals surface area contributed by atoms with E-state index in [0.29, 0.717) is 25.2 Å². The molecule has 0 unspecified atom stereocenters. The fourth-order valence-corrected chi connectivity index (χ4v) is 6.21. The highest BCUT2D eigenvalue weighted by Crippen LogP contribution is 2.21. The zero-order valence-electron chi connectivity index (χ0n) is 17.8. The molecule has 0 radical (unpaired) electrons. The first kappa shape index (κ1) is 22.2. The Kier molecular flexibility index (Phi) is 7.71. The van der Waals surface area contributed by atoms with Crippen LogP contribution in [0.1, 0.15) is 55.5 Å². The van der Waals surface area contributed by atoms with Crippen molar-refractivity contribution in [2.45, 2.75) is 45.3 Å². The molecule has 3 rings (SSSR count). The number of likely N-dealkylation sites (tertiary alicyclic amines) is 1. The smallest absolute Gasteiger partial charge is 0.251 e. The highest BCUT2D eigenvalue weighted by atomic mass is 32.2. The van der Waals surface area contributed by atoms with Crippen LogP contribution >= 0.6 is 0 Å². The second-order valence-corrected chi connectivity index (χ2v) is 10.8. The number of nitrogens with zero attached hydrogens (tertiary/aromatic N) is 2. The van der Waals surface area contributed by atoms with Crippen LogP contribution in [0, 0.1) is 11.8 Å². The van der Waals surface area contributed by atoms with Crippen LogP contribution in [0.2, 0.25) is 0 Å². The predicted molar refractivity (Wildman–Crippen MR) is 116 cm³/mol. The first-order chi connectivity index (χ1) is 13.8. The molecule has 1 aromatic rings. The van der Waals surface area contributed by atoms with Gasteiger partial charge in [-0.25, -0.2) is 12.7 Å². The van der Waals surface area contributed by atoms with Crippen LogP contribution in [0.5, 0.6) is 0 Å². The summed E-state index contributed by atoms with van der Waals surface area (Å²) in [4.78, 5) is 14.9. The molecule has 1 aromatic carbocycles. The van der Waals surface area contributed by atoms with E-state index >= 15 is 0 Å². The van der Waals surface area contributed by atoms with Crippen molar-refractivity contribution >= 4 is 15.9 Å². The van der Waals surface area contributed by atoms with Crippen molar-refractivity contribution in [1.82, 2.24) is 14.5 Å². The summed E-state index contributed by atoms with van der Waals surface area (Å²) in [6.07, 6.45) is 4.13. The third kappa shape index (κ3) is 6.52. The fraction of sp³-hybridized carbons (Fsp3) is 0.682. The van der Waals surface area contributed by atoms with Gasteiger partial charge < -0.3 is 10.2 Å². The molecule has 2 heterocycles. The molecule has 1 amide bonds. The summed E-state index contributed by atoms with van der Waals surface area (Å²) in [5.74, 6) is 1.41. The monoisotopic (exact) mass is 421 g/mol. The van der Waals surface area contributed by atoms with Gasteiger partial charge in [0.2, 0.25) is 10.0 Å². The van der Waals surface area contributed by atoms with E-state index in [1.165, 1.54) is 6.42 Å². The summed E-state index contributed by atoms with van der Waals surface area (Å²) < 4.78 is 26.4. The first-order valence-electron chi connectivity index (χ1n) is 10.9. The van der Waals surface area contributed by atoms with Gasteiger partial charge in [-0.1, -0.05) is 26.0 Å². The Morgan fingerprint density at radius 3 is 2.31 bits per heavy atom. The summed E-state index contributed by atoms with van der Waals surface area (Å²) in [6.45, 7) is 9.84. The topological polar surface area (TPSA) is 69.7 Å². The van der Waals surface area contributed by atoms with Gasteiger partial charge in [0.1, 0.15) is 0 Å². The van der Waals surface area contributed by atoms with Gasteiger partial charge in [0, 0.05) is 38.3 Å². The van der Waals surface area contributed by atoms with Crippen LogP contribution in [-0.2, 0) is 15.8 Å². The maximum absolute atomic E-state index is 12.4. The van der Waals surface area contributed by atoms with Crippen LogP contribution < -0.4 is 5.32 Å². The lowest BCUT2D eigenvalue weighted by Crippen LogP contribution is -2.40. The average molecular weight is 422 g/mol. The van der Waals surface area contributed by atoms with E-state index in [0.717, 1.165) is 56.3 Å². The van der Waals surface area contributed by atoms with Gasteiger partial charge in [0.15, 0.2) is 0 Å². The van der Waals surface area contributed by atoms with E-state index in [1.807, 2.05) is 0 Å². The molecule has 6 nitrogen and oxygen atoms in total. The standard InChI is InChI=1S/C22H35N3O3S/c1-18-14-19(2)16-24(15-18)11-5-10-23-22(26)21-8-6-20(7-9-21)17-29(27,28)25-12-3-4-13-25/h6-9,18-19H,3-5,10-17H2,1-2H3,(H,23,26)/t18-,19-/m0/s1. The van der Waals surface area contributed by atoms with Gasteiger partial charge in [-0.05, 0) is 61.8 Å². The summed E-state index contributed by atoms with van der Waals surface area (Å²) in [6, 6.07) is 6.94. The molecule has 0 aromatic heterocycles. The van der Waals surface area contributed by atoms with E-state index < -0.39 is 10.0 Å². The zero-order valence-corrected chi connectivity index (χ0v) is 18.6. The number of amides is 1. The Morgan fingerprint density at radius 2 is 1.69 bits per heavy atom. The minimum Gasteiger partial charge on any atom is -0.352 e. The Labute approximate surface area is 175 Å². The molecule has 1 N–H and O–H groups in total. The van der Waals surface area contributed by atoms with Crippen molar-refractivity contribution in [3.05, 3.63) is 35.4 Å². The van der Waals surface area contributed by atoms with Crippen molar-refractivity contribution in [2.75, 3.05) is 39.3 Å². The maximum atomic E-state index is 12.4. The molecule has 2 fully saturated rings. The number of nitrogens with one attached hydrogen (secondary N) is 1. The van der Waals surface area contributed by atoms with Crippen LogP contribution in [0.3, 0.4) is 0 Å². The molecule has 2 atom stereocenters. The molecule has 0 bridgehead atoms. The summed E-state index contributed by atoms with van der Waals surface area (Å²) >= 11 is 0. The van der Waals surface area contributed by atoms with E-state index in [9.17, 15) is 13.2 Å². The fourth-order valence-electron chi connectivity index (χ4n) is 4.60. The highest BCUT2D eigenvalue weighted by Gasteiger charge is 2.25. The Balaban J connectivity index is 1.42. The summed E-state index contributed by atoms with van der Waals surface area (Å²) in [5.41, 5.74) is 1.30. The minimum atomic E-state index is -3.25. The lowest BCUT2D eigenvalue weighted by molar-refractivity contribution is 0.0947. The molecule has 0 saturated carbocycles. The van der Waals surface area contributed by atoms with Crippen molar-refractivity contribution in [1.29, 1.82) is 0 Å². The largest absolute Gasteiger partial charge is 0.352 e. The lowest BCUT2D eigenvalue weighted by Gasteiger charge is -2.34. The highest BCUT2D eigenvalue weighted by molar-refractivity contribution is 7.88. The van der Waals surface area contributed by atoms with Crippen LogP contribution in [0.4, 0.5) is 0 Å². The van der Waals surface area contributed by atoms with E-state index in [-0.39, 0.29) is 11.7 Å². The molecule has 0 aliphatic carbocycles. The number of piperidine rings is 1. The molecule has 29 heavy (non-hydrogen) atoms.